The van der Waals surface area contributed by atoms with E-state index >= 15 is 0 Å². The quantitative estimate of drug-likeness (QED) is 0.758. The molecule has 2 aromatic rings. The van der Waals surface area contributed by atoms with Crippen LogP contribution in [0.3, 0.4) is 0 Å². The highest BCUT2D eigenvalue weighted by atomic mass is 32.2. The molecule has 92 valence electrons. The van der Waals surface area contributed by atoms with E-state index in [1.54, 1.807) is 6.26 Å². The Kier molecular flexibility index (Phi) is 2.99. The summed E-state index contributed by atoms with van der Waals surface area (Å²) in [4.78, 5) is 0. The van der Waals surface area contributed by atoms with Gasteiger partial charge < -0.3 is 9.15 Å². The van der Waals surface area contributed by atoms with E-state index in [1.807, 2.05) is 0 Å². The molecule has 0 radical (unpaired) electrons. The van der Waals surface area contributed by atoms with Gasteiger partial charge in [-0.3, -0.25) is 0 Å². The number of fused-ring (bicyclic) bond motifs is 1. The second-order valence-corrected chi connectivity index (χ2v) is 4.11. The molecular weight excluding hydrogens is 253 g/mol. The lowest BCUT2D eigenvalue weighted by Crippen LogP contribution is -2.05. The van der Waals surface area contributed by atoms with Crippen LogP contribution in [0.1, 0.15) is 5.56 Å². The summed E-state index contributed by atoms with van der Waals surface area (Å²) in [6, 6.07) is 4.29. The Hall–Kier alpha value is -1.30. The lowest BCUT2D eigenvalue weighted by atomic mass is 10.1. The summed E-state index contributed by atoms with van der Waals surface area (Å²) in [6.45, 7) is 0. The highest BCUT2D eigenvalue weighted by molar-refractivity contribution is 7.98. The van der Waals surface area contributed by atoms with Gasteiger partial charge in [0.2, 0.25) is 0 Å². The molecule has 0 aliphatic heterocycles. The van der Waals surface area contributed by atoms with Crippen molar-refractivity contribution in [3.8, 4) is 5.75 Å². The Morgan fingerprint density at radius 1 is 1.29 bits per heavy atom. The third kappa shape index (κ3) is 2.09. The van der Waals surface area contributed by atoms with Crippen molar-refractivity contribution < 1.29 is 22.3 Å². The Labute approximate surface area is 99.7 Å². The van der Waals surface area contributed by atoms with Crippen molar-refractivity contribution in [3.63, 3.8) is 0 Å². The molecule has 0 saturated heterocycles. The summed E-state index contributed by atoms with van der Waals surface area (Å²) in [5.41, 5.74) is -0.538. The van der Waals surface area contributed by atoms with E-state index in [-0.39, 0.29) is 16.1 Å². The molecule has 0 atom stereocenters. The van der Waals surface area contributed by atoms with Crippen LogP contribution in [0, 0.1) is 0 Å². The first-order chi connectivity index (χ1) is 7.97. The van der Waals surface area contributed by atoms with E-state index < -0.39 is 11.7 Å². The molecular formula is C11H9F3O2S. The van der Waals surface area contributed by atoms with Gasteiger partial charge in [0.05, 0.1) is 7.11 Å². The van der Waals surface area contributed by atoms with Gasteiger partial charge in [-0.25, -0.2) is 0 Å². The van der Waals surface area contributed by atoms with Crippen LogP contribution < -0.4 is 4.74 Å². The third-order valence-corrected chi connectivity index (χ3v) is 2.99. The number of rotatable bonds is 2. The Balaban J connectivity index is 2.73. The summed E-state index contributed by atoms with van der Waals surface area (Å²) < 4.78 is 48.8. The number of thioether (sulfide) groups is 1. The van der Waals surface area contributed by atoms with Crippen LogP contribution in [-0.4, -0.2) is 13.4 Å². The van der Waals surface area contributed by atoms with Crippen molar-refractivity contribution in [2.24, 2.45) is 0 Å². The molecule has 1 aromatic carbocycles. The van der Waals surface area contributed by atoms with Gasteiger partial charge in [0.15, 0.2) is 5.09 Å². The second-order valence-electron chi connectivity index (χ2n) is 3.33. The van der Waals surface area contributed by atoms with Crippen molar-refractivity contribution in [1.82, 2.24) is 0 Å². The summed E-state index contributed by atoms with van der Waals surface area (Å²) in [5, 5.41) is -0.0663. The highest BCUT2D eigenvalue weighted by Gasteiger charge is 2.38. The second kappa shape index (κ2) is 4.18. The lowest BCUT2D eigenvalue weighted by Gasteiger charge is -2.05. The average Bonchev–Trinajstić information content (AvgIpc) is 2.65. The van der Waals surface area contributed by atoms with Crippen LogP contribution in [-0.2, 0) is 6.18 Å². The standard InChI is InChI=1S/C11H9F3O2S/c1-15-6-3-4-7-8(5-6)16-10(17-2)9(7)11(12,13)14/h3-5H,1-2H3. The maximum Gasteiger partial charge on any atom is 0.421 e. The zero-order valence-corrected chi connectivity index (χ0v) is 9.91. The Bertz CT molecular complexity index is 545. The smallest absolute Gasteiger partial charge is 0.421 e. The molecule has 1 aromatic heterocycles. The fraction of sp³-hybridized carbons (Fsp3) is 0.273. The molecule has 0 fully saturated rings. The monoisotopic (exact) mass is 262 g/mol. The average molecular weight is 262 g/mol. The molecule has 17 heavy (non-hydrogen) atoms. The van der Waals surface area contributed by atoms with E-state index in [4.69, 9.17) is 9.15 Å². The number of methoxy groups -OCH3 is 1. The molecule has 2 nitrogen and oxygen atoms in total. The number of benzene rings is 1. The number of hydrogen-bond acceptors (Lipinski definition) is 3. The summed E-state index contributed by atoms with van der Waals surface area (Å²) in [5.74, 6) is 0.465. The normalized spacial score (nSPS) is 12.1. The van der Waals surface area contributed by atoms with Crippen LogP contribution in [0.5, 0.6) is 5.75 Å². The first-order valence-electron chi connectivity index (χ1n) is 4.69. The fourth-order valence-corrected chi connectivity index (χ4v) is 2.20. The third-order valence-electron chi connectivity index (χ3n) is 2.33. The molecule has 0 aliphatic rings. The molecule has 1 heterocycles. The first kappa shape index (κ1) is 12.2. The zero-order valence-electron chi connectivity index (χ0n) is 9.09. The summed E-state index contributed by atoms with van der Waals surface area (Å²) in [7, 11) is 1.45. The van der Waals surface area contributed by atoms with E-state index in [2.05, 4.69) is 0 Å². The van der Waals surface area contributed by atoms with Crippen LogP contribution in [0.4, 0.5) is 13.2 Å². The van der Waals surface area contributed by atoms with E-state index in [1.165, 1.54) is 25.3 Å². The van der Waals surface area contributed by atoms with Crippen molar-refractivity contribution >= 4 is 22.7 Å². The van der Waals surface area contributed by atoms with Gasteiger partial charge in [0.1, 0.15) is 16.9 Å². The van der Waals surface area contributed by atoms with E-state index in [9.17, 15) is 13.2 Å². The molecule has 2 rings (SSSR count). The molecule has 0 aliphatic carbocycles. The molecule has 0 bridgehead atoms. The topological polar surface area (TPSA) is 22.4 Å². The largest absolute Gasteiger partial charge is 0.497 e. The molecule has 0 spiro atoms. The summed E-state index contributed by atoms with van der Waals surface area (Å²) in [6.07, 6.45) is -2.87. The molecule has 0 N–H and O–H groups in total. The maximum atomic E-state index is 12.9. The number of ether oxygens (including phenoxy) is 1. The van der Waals surface area contributed by atoms with Gasteiger partial charge in [-0.05, 0) is 18.4 Å². The SMILES string of the molecule is COc1ccc2c(C(F)(F)F)c(SC)oc2c1. The van der Waals surface area contributed by atoms with E-state index in [0.29, 0.717) is 5.75 Å². The maximum absolute atomic E-state index is 12.9. The Morgan fingerprint density at radius 3 is 2.53 bits per heavy atom. The molecule has 0 saturated carbocycles. The number of halogens is 3. The highest BCUT2D eigenvalue weighted by Crippen LogP contribution is 2.43. The molecule has 6 heteroatoms. The van der Waals surface area contributed by atoms with Crippen molar-refractivity contribution in [3.05, 3.63) is 23.8 Å². The minimum atomic E-state index is -4.42. The predicted octanol–water partition coefficient (Wildman–Crippen LogP) is 4.18. The van der Waals surface area contributed by atoms with E-state index in [0.717, 1.165) is 11.8 Å². The van der Waals surface area contributed by atoms with Gasteiger partial charge in [0.25, 0.3) is 0 Å². The number of alkyl halides is 3. The summed E-state index contributed by atoms with van der Waals surface area (Å²) >= 11 is 0.934. The number of hydrogen-bond donors (Lipinski definition) is 0. The van der Waals surface area contributed by atoms with Crippen LogP contribution in [0.2, 0.25) is 0 Å². The molecule has 0 amide bonds. The fourth-order valence-electron chi connectivity index (χ4n) is 1.59. The zero-order chi connectivity index (χ0) is 12.6. The minimum Gasteiger partial charge on any atom is -0.497 e. The van der Waals surface area contributed by atoms with Crippen molar-refractivity contribution in [1.29, 1.82) is 0 Å². The Morgan fingerprint density at radius 2 is 2.00 bits per heavy atom. The first-order valence-corrected chi connectivity index (χ1v) is 5.91. The predicted molar refractivity (Wildman–Crippen MR) is 59.5 cm³/mol. The van der Waals surface area contributed by atoms with Crippen LogP contribution >= 0.6 is 11.8 Å². The van der Waals surface area contributed by atoms with Crippen LogP contribution in [0.25, 0.3) is 11.0 Å². The van der Waals surface area contributed by atoms with Gasteiger partial charge in [-0.2, -0.15) is 13.2 Å². The number of furan rings is 1. The van der Waals surface area contributed by atoms with Crippen molar-refractivity contribution in [2.45, 2.75) is 11.3 Å². The minimum absolute atomic E-state index is 0.0580. The van der Waals surface area contributed by atoms with Crippen LogP contribution in [0.15, 0.2) is 27.7 Å². The van der Waals surface area contributed by atoms with Gasteiger partial charge >= 0.3 is 6.18 Å². The van der Waals surface area contributed by atoms with Crippen molar-refractivity contribution in [2.75, 3.05) is 13.4 Å². The lowest BCUT2D eigenvalue weighted by molar-refractivity contribution is -0.139. The van der Waals surface area contributed by atoms with Gasteiger partial charge in [-0.1, -0.05) is 11.8 Å². The molecule has 0 unspecified atom stereocenters. The van der Waals surface area contributed by atoms with Gasteiger partial charge in [-0.15, -0.1) is 0 Å². The van der Waals surface area contributed by atoms with Gasteiger partial charge in [0, 0.05) is 11.5 Å².